The lowest BCUT2D eigenvalue weighted by Crippen LogP contribution is -2.40. The summed E-state index contributed by atoms with van der Waals surface area (Å²) in [5.74, 6) is 0.929. The minimum Gasteiger partial charge on any atom is -0.494 e. The zero-order valence-electron chi connectivity index (χ0n) is 20.8. The molecule has 0 unspecified atom stereocenters. The summed E-state index contributed by atoms with van der Waals surface area (Å²) in [6, 6.07) is 8.44. The van der Waals surface area contributed by atoms with Crippen LogP contribution in [0.25, 0.3) is 0 Å². The molecule has 1 saturated heterocycles. The average molecular weight is 472 g/mol. The van der Waals surface area contributed by atoms with Gasteiger partial charge < -0.3 is 18.8 Å². The maximum atomic E-state index is 12.9. The summed E-state index contributed by atoms with van der Waals surface area (Å²) in [6.07, 6.45) is 3.65. The summed E-state index contributed by atoms with van der Waals surface area (Å²) in [5, 5.41) is 0. The fraction of sp³-hybridized carbons (Fsp3) is 0.577. The number of amides is 1. The van der Waals surface area contributed by atoms with Crippen LogP contribution in [0.5, 0.6) is 5.75 Å². The van der Waals surface area contributed by atoms with Crippen LogP contribution in [0.2, 0.25) is 0 Å². The average Bonchev–Trinajstić information content (AvgIpc) is 3.33. The van der Waals surface area contributed by atoms with Crippen molar-refractivity contribution >= 4 is 11.9 Å². The van der Waals surface area contributed by atoms with E-state index in [0.717, 1.165) is 18.7 Å². The maximum Gasteiger partial charge on any atom is 0.309 e. The predicted molar refractivity (Wildman–Crippen MR) is 128 cm³/mol. The van der Waals surface area contributed by atoms with Gasteiger partial charge in [-0.1, -0.05) is 19.1 Å². The Kier molecular flexibility index (Phi) is 9.51. The number of rotatable bonds is 11. The number of hydrogen-bond donors (Lipinski definition) is 0. The number of piperidine rings is 1. The number of aromatic nitrogens is 1. The molecule has 2 heterocycles. The lowest BCUT2D eigenvalue weighted by Gasteiger charge is -2.30. The summed E-state index contributed by atoms with van der Waals surface area (Å²) in [6.45, 7) is 11.4. The van der Waals surface area contributed by atoms with Crippen molar-refractivity contribution in [1.29, 1.82) is 0 Å². The molecule has 1 aromatic heterocycles. The second-order valence-corrected chi connectivity index (χ2v) is 8.68. The van der Waals surface area contributed by atoms with Crippen molar-refractivity contribution in [3.8, 4) is 5.75 Å². The molecule has 186 valence electrons. The zero-order valence-corrected chi connectivity index (χ0v) is 20.8. The van der Waals surface area contributed by atoms with Crippen molar-refractivity contribution in [1.82, 2.24) is 14.8 Å². The molecule has 3 rings (SSSR count). The molecule has 1 amide bonds. The van der Waals surface area contributed by atoms with Crippen LogP contribution in [-0.4, -0.2) is 59.0 Å². The van der Waals surface area contributed by atoms with E-state index in [2.05, 4.69) is 35.9 Å². The molecule has 2 aromatic rings. The van der Waals surface area contributed by atoms with E-state index in [-0.39, 0.29) is 17.8 Å². The number of oxazole rings is 1. The van der Waals surface area contributed by atoms with Crippen molar-refractivity contribution < 1.29 is 23.5 Å². The first kappa shape index (κ1) is 25.7. The van der Waals surface area contributed by atoms with Gasteiger partial charge in [0.25, 0.3) is 5.91 Å². The van der Waals surface area contributed by atoms with Crippen molar-refractivity contribution in [2.75, 3.05) is 26.3 Å². The highest BCUT2D eigenvalue weighted by Crippen LogP contribution is 2.22. The smallest absolute Gasteiger partial charge is 0.309 e. The molecule has 8 nitrogen and oxygen atoms in total. The molecule has 1 atom stereocenters. The molecular formula is C26H37N3O5. The van der Waals surface area contributed by atoms with Gasteiger partial charge in [0.1, 0.15) is 12.0 Å². The summed E-state index contributed by atoms with van der Waals surface area (Å²) in [5.41, 5.74) is 1.49. The first-order chi connectivity index (χ1) is 16.4. The molecule has 1 aromatic carbocycles. The lowest BCUT2D eigenvalue weighted by molar-refractivity contribution is -0.149. The topological polar surface area (TPSA) is 85.1 Å². The lowest BCUT2D eigenvalue weighted by atomic mass is 9.97. The number of carbonyl (C=O) groups is 2. The van der Waals surface area contributed by atoms with Gasteiger partial charge in [0, 0.05) is 25.7 Å². The molecule has 1 aliphatic heterocycles. The van der Waals surface area contributed by atoms with E-state index in [0.29, 0.717) is 63.3 Å². The second-order valence-electron chi connectivity index (χ2n) is 8.68. The zero-order chi connectivity index (χ0) is 24.5. The van der Waals surface area contributed by atoms with Gasteiger partial charge in [-0.05, 0) is 57.7 Å². The van der Waals surface area contributed by atoms with E-state index in [9.17, 15) is 9.59 Å². The van der Waals surface area contributed by atoms with Crippen LogP contribution in [0.4, 0.5) is 0 Å². The van der Waals surface area contributed by atoms with Gasteiger partial charge in [0.05, 0.1) is 25.7 Å². The number of likely N-dealkylation sites (tertiary alicyclic amines) is 1. The fourth-order valence-corrected chi connectivity index (χ4v) is 4.11. The van der Waals surface area contributed by atoms with E-state index in [4.69, 9.17) is 13.9 Å². The normalized spacial score (nSPS) is 15.4. The standard InChI is InChI=1S/C26H37N3O5/c1-5-19(4)29(16-20-8-10-22(11-9-20)32-6-2)17-24-27-23(18-34-24)25(30)28-14-12-21(13-15-28)26(31)33-7-3/h8-11,18-19,21H,5-7,12-17H2,1-4H3/t19-/m1/s1. The van der Waals surface area contributed by atoms with Crippen molar-refractivity contribution in [3.63, 3.8) is 0 Å². The number of nitrogens with zero attached hydrogens (tertiary/aromatic N) is 3. The Morgan fingerprint density at radius 3 is 2.44 bits per heavy atom. The summed E-state index contributed by atoms with van der Waals surface area (Å²) in [7, 11) is 0. The van der Waals surface area contributed by atoms with Gasteiger partial charge >= 0.3 is 5.97 Å². The van der Waals surface area contributed by atoms with Gasteiger partial charge in [-0.2, -0.15) is 0 Å². The van der Waals surface area contributed by atoms with Crippen LogP contribution in [0.3, 0.4) is 0 Å². The van der Waals surface area contributed by atoms with Gasteiger partial charge in [-0.3, -0.25) is 14.5 Å². The third kappa shape index (κ3) is 6.82. The fourth-order valence-electron chi connectivity index (χ4n) is 4.11. The summed E-state index contributed by atoms with van der Waals surface area (Å²) >= 11 is 0. The molecule has 1 aliphatic rings. The van der Waals surface area contributed by atoms with E-state index in [1.54, 1.807) is 11.8 Å². The van der Waals surface area contributed by atoms with E-state index in [1.807, 2.05) is 19.1 Å². The quantitative estimate of drug-likeness (QED) is 0.452. The van der Waals surface area contributed by atoms with E-state index < -0.39 is 0 Å². The Labute approximate surface area is 202 Å². The van der Waals surface area contributed by atoms with Crippen LogP contribution in [0.15, 0.2) is 34.9 Å². The first-order valence-corrected chi connectivity index (χ1v) is 12.3. The molecule has 0 bridgehead atoms. The summed E-state index contributed by atoms with van der Waals surface area (Å²) < 4.78 is 16.3. The number of benzene rings is 1. The maximum absolute atomic E-state index is 12.9. The highest BCUT2D eigenvalue weighted by atomic mass is 16.5. The summed E-state index contributed by atoms with van der Waals surface area (Å²) in [4.78, 5) is 33.4. The largest absolute Gasteiger partial charge is 0.494 e. The number of carbonyl (C=O) groups excluding carboxylic acids is 2. The van der Waals surface area contributed by atoms with Crippen LogP contribution >= 0.6 is 0 Å². The van der Waals surface area contributed by atoms with E-state index >= 15 is 0 Å². The number of esters is 1. The molecule has 0 aliphatic carbocycles. The SMILES string of the molecule is CCOC(=O)C1CCN(C(=O)c2coc(CN(Cc3ccc(OCC)cc3)[C@H](C)CC)n2)CC1. The van der Waals surface area contributed by atoms with E-state index in [1.165, 1.54) is 11.8 Å². The van der Waals surface area contributed by atoms with Crippen molar-refractivity contribution in [2.45, 2.75) is 66.1 Å². The van der Waals surface area contributed by atoms with Gasteiger partial charge in [0.15, 0.2) is 5.69 Å². The Hall–Kier alpha value is -2.87. The van der Waals surface area contributed by atoms with Crippen LogP contribution in [0.1, 0.15) is 68.9 Å². The molecule has 0 spiro atoms. The van der Waals surface area contributed by atoms with Gasteiger partial charge in [0.2, 0.25) is 5.89 Å². The molecule has 0 N–H and O–H groups in total. The second kappa shape index (κ2) is 12.6. The molecule has 8 heteroatoms. The Morgan fingerprint density at radius 1 is 1.12 bits per heavy atom. The number of ether oxygens (including phenoxy) is 2. The van der Waals surface area contributed by atoms with Crippen LogP contribution in [-0.2, 0) is 22.6 Å². The Balaban J connectivity index is 1.59. The molecule has 34 heavy (non-hydrogen) atoms. The Morgan fingerprint density at radius 2 is 1.82 bits per heavy atom. The predicted octanol–water partition coefficient (Wildman–Crippen LogP) is 4.29. The molecule has 0 radical (unpaired) electrons. The van der Waals surface area contributed by atoms with Gasteiger partial charge in [-0.15, -0.1) is 0 Å². The highest BCUT2D eigenvalue weighted by molar-refractivity contribution is 5.92. The molecule has 0 saturated carbocycles. The number of hydrogen-bond acceptors (Lipinski definition) is 7. The Bertz CT molecular complexity index is 919. The highest BCUT2D eigenvalue weighted by Gasteiger charge is 2.30. The minimum atomic E-state index is -0.170. The minimum absolute atomic E-state index is 0.136. The molecule has 1 fully saturated rings. The van der Waals surface area contributed by atoms with Crippen LogP contribution < -0.4 is 4.74 Å². The third-order valence-corrected chi connectivity index (χ3v) is 6.35. The van der Waals surface area contributed by atoms with Crippen molar-refractivity contribution in [2.24, 2.45) is 5.92 Å². The van der Waals surface area contributed by atoms with Crippen molar-refractivity contribution in [3.05, 3.63) is 47.7 Å². The first-order valence-electron chi connectivity index (χ1n) is 12.3. The van der Waals surface area contributed by atoms with Crippen LogP contribution in [0, 0.1) is 5.92 Å². The third-order valence-electron chi connectivity index (χ3n) is 6.35. The monoisotopic (exact) mass is 471 g/mol. The molecular weight excluding hydrogens is 434 g/mol. The van der Waals surface area contributed by atoms with Gasteiger partial charge in [-0.25, -0.2) is 4.98 Å².